The van der Waals surface area contributed by atoms with Gasteiger partial charge in [-0.15, -0.1) is 0 Å². The zero-order valence-corrected chi connectivity index (χ0v) is 71.2. The molecule has 12 rings (SSSR count). The van der Waals surface area contributed by atoms with E-state index in [2.05, 4.69) is 43.8 Å². The summed E-state index contributed by atoms with van der Waals surface area (Å²) in [5.74, 6) is -1.23. The number of carbonyl (C=O) groups is 4. The molecule has 6 N–H and O–H groups in total. The first-order valence-electron chi connectivity index (χ1n) is 35.7. The molecule has 0 atom stereocenters. The van der Waals surface area contributed by atoms with Crippen molar-refractivity contribution in [1.82, 2.24) is 24.9 Å². The van der Waals surface area contributed by atoms with Crippen molar-refractivity contribution in [2.24, 2.45) is 0 Å². The molecule has 0 aliphatic heterocycles. The predicted molar refractivity (Wildman–Crippen MR) is 457 cm³/mol. The maximum absolute atomic E-state index is 13.5. The Labute approximate surface area is 704 Å². The molecule has 24 nitrogen and oxygen atoms in total. The van der Waals surface area contributed by atoms with Crippen LogP contribution in [0.1, 0.15) is 145 Å². The fourth-order valence-electron chi connectivity index (χ4n) is 10.7. The summed E-state index contributed by atoms with van der Waals surface area (Å²) in [7, 11) is -15.9. The molecule has 5 aromatic heterocycles. The molecule has 7 aromatic carbocycles. The fraction of sp³-hybridized carbons (Fsp3) is 0.165. The number of nitrogens with two attached hydrogens (primary N) is 1. The van der Waals surface area contributed by atoms with Gasteiger partial charge in [0.1, 0.15) is 45.9 Å². The molecule has 612 valence electrons. The maximum Gasteiger partial charge on any atom is 0.261 e. The summed E-state index contributed by atoms with van der Waals surface area (Å²) in [6.07, 6.45) is 6.32. The predicted octanol–water partition coefficient (Wildman–Crippen LogP) is 18.4. The van der Waals surface area contributed by atoms with Crippen molar-refractivity contribution in [3.63, 3.8) is 0 Å². The minimum atomic E-state index is -4.05. The summed E-state index contributed by atoms with van der Waals surface area (Å²) < 4.78 is 137. The lowest BCUT2D eigenvalue weighted by Gasteiger charge is -2.19. The third-order valence-corrected chi connectivity index (χ3v) is 22.9. The Bertz CT molecular complexity index is 6120. The van der Waals surface area contributed by atoms with E-state index in [1.54, 1.807) is 109 Å². The Kier molecular flexibility index (Phi) is 29.6. The second-order valence-corrected chi connectivity index (χ2v) is 37.0. The molecule has 12 aromatic rings. The SMILES string of the molecule is CC(C)(C)c1ccc(S(=O)(=O)Nc2cc(Cl)cnc2C(=O)c2ccc(N)nc2)cc1.CC(C)(C)c1ccc(S(=O)(=O)Nc2cc(Cl)cnc2C(=O)c2ccccc2)cc1.CC(C)Oc1ccc(S(=O)(=O)Nc2cc(Cl)cnc2C(=O)c2cccc(F)c2)cc1.CC(C)Oc1ccc(S(=O)(=O)Nc2cc(Cl)cnc2C(=O)c2ccccc2)cc1. The number of hydrogen-bond donors (Lipinski definition) is 5. The number of pyridine rings is 5. The lowest BCUT2D eigenvalue weighted by atomic mass is 9.87. The Morgan fingerprint density at radius 2 is 0.627 bits per heavy atom. The van der Waals surface area contributed by atoms with Crippen LogP contribution in [0.3, 0.4) is 0 Å². The molecular formula is C85H79Cl4FN10O14S4. The van der Waals surface area contributed by atoms with E-state index in [1.165, 1.54) is 134 Å². The largest absolute Gasteiger partial charge is 0.491 e. The molecule has 0 saturated heterocycles. The van der Waals surface area contributed by atoms with Gasteiger partial charge in [0.05, 0.1) is 74.6 Å². The van der Waals surface area contributed by atoms with Gasteiger partial charge in [0.2, 0.25) is 23.1 Å². The number of ether oxygens (including phenoxy) is 2. The number of benzene rings is 7. The van der Waals surface area contributed by atoms with E-state index in [0.717, 1.165) is 17.2 Å². The van der Waals surface area contributed by atoms with E-state index >= 15 is 0 Å². The average Bonchev–Trinajstić information content (AvgIpc) is 0.765. The van der Waals surface area contributed by atoms with Gasteiger partial charge in [0.25, 0.3) is 40.1 Å². The molecule has 0 aliphatic carbocycles. The highest BCUT2D eigenvalue weighted by atomic mass is 35.5. The summed E-state index contributed by atoms with van der Waals surface area (Å²) in [5.41, 5.74) is 7.94. The van der Waals surface area contributed by atoms with E-state index in [4.69, 9.17) is 61.6 Å². The Balaban J connectivity index is 0.000000179. The van der Waals surface area contributed by atoms with Crippen molar-refractivity contribution in [3.8, 4) is 11.5 Å². The van der Waals surface area contributed by atoms with Gasteiger partial charge in [-0.1, -0.05) is 185 Å². The molecule has 0 amide bonds. The third-order valence-electron chi connectivity index (χ3n) is 16.5. The van der Waals surface area contributed by atoms with Crippen molar-refractivity contribution in [2.45, 2.75) is 112 Å². The van der Waals surface area contributed by atoms with E-state index in [9.17, 15) is 57.2 Å². The monoisotopic (exact) mass is 1750 g/mol. The van der Waals surface area contributed by atoms with Gasteiger partial charge in [-0.2, -0.15) is 0 Å². The van der Waals surface area contributed by atoms with Crippen molar-refractivity contribution in [1.29, 1.82) is 0 Å². The van der Waals surface area contributed by atoms with Crippen LogP contribution in [0.2, 0.25) is 20.1 Å². The van der Waals surface area contributed by atoms with E-state index in [1.807, 2.05) is 69.2 Å². The summed E-state index contributed by atoms with van der Waals surface area (Å²) in [4.78, 5) is 71.4. The van der Waals surface area contributed by atoms with Crippen LogP contribution in [0.4, 0.5) is 33.0 Å². The number of halogens is 5. The van der Waals surface area contributed by atoms with Gasteiger partial charge in [0.15, 0.2) is 0 Å². The van der Waals surface area contributed by atoms with E-state index in [-0.39, 0.29) is 125 Å². The molecule has 0 unspecified atom stereocenters. The van der Waals surface area contributed by atoms with Crippen molar-refractivity contribution in [3.05, 3.63) is 331 Å². The van der Waals surface area contributed by atoms with Gasteiger partial charge in [-0.25, -0.2) is 63.0 Å². The molecular weight excluding hydrogens is 1670 g/mol. The highest BCUT2D eigenvalue weighted by molar-refractivity contribution is 7.93. The highest BCUT2D eigenvalue weighted by Gasteiger charge is 2.28. The molecule has 33 heteroatoms. The average molecular weight is 1750 g/mol. The number of aromatic nitrogens is 5. The van der Waals surface area contributed by atoms with Gasteiger partial charge in [0, 0.05) is 53.2 Å². The van der Waals surface area contributed by atoms with Crippen LogP contribution in [-0.4, -0.2) is 93.9 Å². The van der Waals surface area contributed by atoms with E-state index < -0.39 is 69.0 Å². The number of sulfonamides is 4. The van der Waals surface area contributed by atoms with Gasteiger partial charge < -0.3 is 15.2 Å². The summed E-state index contributed by atoms with van der Waals surface area (Å²) in [5, 5.41) is 0.732. The van der Waals surface area contributed by atoms with Crippen LogP contribution in [0.15, 0.2) is 269 Å². The minimum absolute atomic E-state index is 0.00820. The lowest BCUT2D eigenvalue weighted by Crippen LogP contribution is -2.18. The Morgan fingerprint density at radius 3 is 0.898 bits per heavy atom. The van der Waals surface area contributed by atoms with Gasteiger partial charge in [-0.3, -0.25) is 38.1 Å². The molecule has 0 saturated carbocycles. The molecule has 0 bridgehead atoms. The maximum atomic E-state index is 13.5. The number of hydrogen-bond acceptors (Lipinski definition) is 20. The van der Waals surface area contributed by atoms with E-state index in [0.29, 0.717) is 22.6 Å². The minimum Gasteiger partial charge on any atom is -0.491 e. The Morgan fingerprint density at radius 1 is 0.347 bits per heavy atom. The number of ketones is 4. The van der Waals surface area contributed by atoms with Gasteiger partial charge in [-0.05, 0) is 171 Å². The first-order valence-corrected chi connectivity index (χ1v) is 43.2. The summed E-state index contributed by atoms with van der Waals surface area (Å²) >= 11 is 23.9. The third kappa shape index (κ3) is 24.8. The lowest BCUT2D eigenvalue weighted by molar-refractivity contribution is 0.102. The molecule has 0 spiro atoms. The quantitative estimate of drug-likeness (QED) is 0.0351. The van der Waals surface area contributed by atoms with Crippen LogP contribution in [0.5, 0.6) is 11.5 Å². The van der Waals surface area contributed by atoms with Crippen LogP contribution < -0.4 is 34.1 Å². The normalized spacial score (nSPS) is 11.6. The number of nitrogens with zero attached hydrogens (tertiary/aromatic N) is 5. The highest BCUT2D eigenvalue weighted by Crippen LogP contribution is 2.33. The number of rotatable bonds is 24. The van der Waals surface area contributed by atoms with Crippen LogP contribution >= 0.6 is 46.4 Å². The zero-order valence-electron chi connectivity index (χ0n) is 64.9. The molecule has 5 heterocycles. The van der Waals surface area contributed by atoms with Crippen LogP contribution in [0, 0.1) is 5.82 Å². The second-order valence-electron chi connectivity index (χ2n) is 28.5. The first kappa shape index (κ1) is 90.4. The first-order chi connectivity index (χ1) is 55.5. The second kappa shape index (κ2) is 38.7. The van der Waals surface area contributed by atoms with Crippen LogP contribution in [0.25, 0.3) is 0 Å². The number of anilines is 5. The topological polar surface area (TPSA) is 362 Å². The number of carbonyl (C=O) groups excluding carboxylic acids is 4. The van der Waals surface area contributed by atoms with Crippen molar-refractivity contribution >= 4 is 138 Å². The molecule has 0 aliphatic rings. The summed E-state index contributed by atoms with van der Waals surface area (Å²) in [6, 6.07) is 55.4. The molecule has 118 heavy (non-hydrogen) atoms. The van der Waals surface area contributed by atoms with Gasteiger partial charge >= 0.3 is 0 Å². The molecule has 0 radical (unpaired) electrons. The number of nitrogen functional groups attached to an aromatic ring is 1. The molecule has 0 fully saturated rings. The van der Waals surface area contributed by atoms with Crippen molar-refractivity contribution < 1.29 is 66.7 Å². The standard InChI is InChI=1S/C22H21ClN2O3S.C21H18ClFN2O4S.C21H21ClN4O3S.C21H19ClN2O4S/c1-22(2,3)16-9-11-18(12-10-16)29(27,28)25-19-13-17(23)14-24-20(19)21(26)15-7-5-4-6-8-15;1-13(2)29-17-6-8-18(9-7-17)30(27,28)25-19-11-15(22)12-24-20(19)21(26)14-4-3-5-16(23)10-14;1-21(2,3)14-5-7-16(8-6-14)30(28,29)26-17-10-15(22)12-25-19(17)20(27)13-4-9-18(23)24-11-13;1-14(2)28-17-8-10-18(11-9-17)29(26,27)24-19-12-16(22)13-23-20(19)21(25)15-6-4-3-5-7-15/h4-14,25H,1-3H3;3-13,25H,1-2H3;4-12,26H,1-3H3,(H2,23,24);3-14,24H,1-2H3. The summed E-state index contributed by atoms with van der Waals surface area (Å²) in [6.45, 7) is 19.7. The Hall–Kier alpha value is -11.5. The zero-order chi connectivity index (χ0) is 86.2. The number of nitrogens with one attached hydrogen (secondary N) is 4. The smallest absolute Gasteiger partial charge is 0.261 e. The van der Waals surface area contributed by atoms with Crippen LogP contribution in [-0.2, 0) is 50.9 Å². The van der Waals surface area contributed by atoms with Crippen molar-refractivity contribution in [2.75, 3.05) is 24.6 Å². The fourth-order valence-corrected chi connectivity index (χ4v) is 15.6.